The molecule has 2 nitrogen and oxygen atoms in total. The van der Waals surface area contributed by atoms with Gasteiger partial charge in [-0.1, -0.05) is 0 Å². The summed E-state index contributed by atoms with van der Waals surface area (Å²) < 4.78 is 0. The van der Waals surface area contributed by atoms with Crippen LogP contribution in [0.5, 0.6) is 0 Å². The highest BCUT2D eigenvalue weighted by atomic mass is 32.2. The van der Waals surface area contributed by atoms with Gasteiger partial charge >= 0.3 is 0 Å². The molecule has 0 heterocycles. The van der Waals surface area contributed by atoms with Gasteiger partial charge in [0.2, 0.25) is 0 Å². The second-order valence-corrected chi connectivity index (χ2v) is 6.36. The van der Waals surface area contributed by atoms with Gasteiger partial charge in [0.15, 0.2) is 0 Å². The Labute approximate surface area is 100 Å². The first-order chi connectivity index (χ1) is 6.78. The van der Waals surface area contributed by atoms with Crippen LogP contribution in [0.15, 0.2) is 0 Å². The van der Waals surface area contributed by atoms with Crippen molar-refractivity contribution < 1.29 is 0 Å². The van der Waals surface area contributed by atoms with E-state index in [4.69, 9.17) is 0 Å². The number of thioether (sulfide) groups is 1. The van der Waals surface area contributed by atoms with Crippen molar-refractivity contribution in [3.8, 4) is 0 Å². The van der Waals surface area contributed by atoms with Gasteiger partial charge in [0.1, 0.15) is 0 Å². The summed E-state index contributed by atoms with van der Waals surface area (Å²) in [6.45, 7) is 12.3. The molecule has 15 heavy (non-hydrogen) atoms. The number of rotatable bonds is 6. The third-order valence-electron chi connectivity index (χ3n) is 2.73. The lowest BCUT2D eigenvalue weighted by molar-refractivity contribution is 0.197. The molecule has 0 spiro atoms. The topological polar surface area (TPSA) is 15.3 Å². The van der Waals surface area contributed by atoms with Gasteiger partial charge in [0.25, 0.3) is 0 Å². The minimum atomic E-state index is 0.220. The Hall–Kier alpha value is 0.270. The van der Waals surface area contributed by atoms with Gasteiger partial charge in [0.05, 0.1) is 0 Å². The number of hydrogen-bond donors (Lipinski definition) is 1. The van der Waals surface area contributed by atoms with Crippen LogP contribution < -0.4 is 5.32 Å². The van der Waals surface area contributed by atoms with Crippen LogP contribution in [0.4, 0.5) is 0 Å². The molecule has 0 bridgehead atoms. The number of hydrogen-bond acceptors (Lipinski definition) is 3. The van der Waals surface area contributed by atoms with Crippen molar-refractivity contribution in [3.05, 3.63) is 0 Å². The van der Waals surface area contributed by atoms with Crippen molar-refractivity contribution in [1.29, 1.82) is 0 Å². The van der Waals surface area contributed by atoms with Crippen LogP contribution in [0, 0.1) is 0 Å². The zero-order valence-corrected chi connectivity index (χ0v) is 12.2. The molecule has 3 heteroatoms. The number of nitrogens with zero attached hydrogens (tertiary/aromatic N) is 1. The molecule has 0 aliphatic carbocycles. The van der Waals surface area contributed by atoms with Gasteiger partial charge in [-0.15, -0.1) is 0 Å². The highest BCUT2D eigenvalue weighted by Crippen LogP contribution is 2.08. The third kappa shape index (κ3) is 7.20. The maximum Gasteiger partial charge on any atom is 0.0192 e. The first-order valence-electron chi connectivity index (χ1n) is 5.74. The van der Waals surface area contributed by atoms with E-state index >= 15 is 0 Å². The van der Waals surface area contributed by atoms with Crippen molar-refractivity contribution in [2.75, 3.05) is 25.6 Å². The van der Waals surface area contributed by atoms with Gasteiger partial charge < -0.3 is 5.32 Å². The average molecular weight is 232 g/mol. The van der Waals surface area contributed by atoms with E-state index in [1.807, 2.05) is 11.8 Å². The van der Waals surface area contributed by atoms with E-state index in [1.165, 1.54) is 5.75 Å². The van der Waals surface area contributed by atoms with Gasteiger partial charge in [-0.3, -0.25) is 4.90 Å². The Morgan fingerprint density at radius 1 is 1.20 bits per heavy atom. The molecular weight excluding hydrogens is 204 g/mol. The largest absolute Gasteiger partial charge is 0.311 e. The molecule has 2 atom stereocenters. The summed E-state index contributed by atoms with van der Waals surface area (Å²) >= 11 is 1.92. The van der Waals surface area contributed by atoms with Crippen molar-refractivity contribution in [1.82, 2.24) is 10.2 Å². The van der Waals surface area contributed by atoms with Crippen molar-refractivity contribution in [2.24, 2.45) is 0 Å². The molecule has 0 saturated carbocycles. The maximum absolute atomic E-state index is 3.55. The molecule has 0 aliphatic heterocycles. The lowest BCUT2D eigenvalue weighted by Gasteiger charge is -2.33. The molecule has 0 rings (SSSR count). The van der Waals surface area contributed by atoms with Crippen LogP contribution in [0.2, 0.25) is 0 Å². The average Bonchev–Trinajstić information content (AvgIpc) is 2.12. The molecule has 0 aromatic carbocycles. The fourth-order valence-electron chi connectivity index (χ4n) is 1.39. The smallest absolute Gasteiger partial charge is 0.0192 e. The zero-order valence-electron chi connectivity index (χ0n) is 11.4. The van der Waals surface area contributed by atoms with Gasteiger partial charge in [-0.05, 0) is 47.9 Å². The number of nitrogens with one attached hydrogen (secondary N) is 1. The van der Waals surface area contributed by atoms with Crippen LogP contribution in [-0.4, -0.2) is 48.1 Å². The predicted molar refractivity (Wildman–Crippen MR) is 72.8 cm³/mol. The van der Waals surface area contributed by atoms with Crippen LogP contribution in [0.25, 0.3) is 0 Å². The first-order valence-corrected chi connectivity index (χ1v) is 7.13. The summed E-state index contributed by atoms with van der Waals surface area (Å²) in [6.07, 6.45) is 2.17. The van der Waals surface area contributed by atoms with Gasteiger partial charge in [-0.2, -0.15) is 11.8 Å². The highest BCUT2D eigenvalue weighted by molar-refractivity contribution is 7.98. The van der Waals surface area contributed by atoms with E-state index in [2.05, 4.69) is 58.1 Å². The first kappa shape index (κ1) is 15.3. The lowest BCUT2D eigenvalue weighted by Crippen LogP contribution is -2.48. The molecule has 0 fully saturated rings. The molecule has 1 N–H and O–H groups in total. The fourth-order valence-corrected chi connectivity index (χ4v) is 2.11. The van der Waals surface area contributed by atoms with E-state index in [-0.39, 0.29) is 5.54 Å². The summed E-state index contributed by atoms with van der Waals surface area (Å²) in [4.78, 5) is 2.45. The molecular formula is C12H28N2S. The summed E-state index contributed by atoms with van der Waals surface area (Å²) in [5.41, 5.74) is 0.220. The minimum Gasteiger partial charge on any atom is -0.311 e. The van der Waals surface area contributed by atoms with Gasteiger partial charge in [0, 0.05) is 29.9 Å². The molecule has 0 aromatic rings. The second-order valence-electron chi connectivity index (χ2n) is 5.45. The monoisotopic (exact) mass is 232 g/mol. The summed E-state index contributed by atoms with van der Waals surface area (Å²) in [7, 11) is 2.22. The van der Waals surface area contributed by atoms with E-state index in [0.717, 1.165) is 6.54 Å². The quantitative estimate of drug-likeness (QED) is 0.757. The molecule has 0 aromatic heterocycles. The zero-order chi connectivity index (χ0) is 12.1. The Balaban J connectivity index is 3.93. The summed E-state index contributed by atoms with van der Waals surface area (Å²) in [5, 5.41) is 3.55. The summed E-state index contributed by atoms with van der Waals surface area (Å²) in [5.74, 6) is 1.20. The Morgan fingerprint density at radius 3 is 2.13 bits per heavy atom. The standard InChI is InChI=1S/C12H28N2S/c1-10(8-13-12(3,4)5)14(6)11(2)9-15-7/h10-11,13H,8-9H2,1-7H3. The summed E-state index contributed by atoms with van der Waals surface area (Å²) in [6, 6.07) is 1.24. The van der Waals surface area contributed by atoms with Crippen LogP contribution in [-0.2, 0) is 0 Å². The third-order valence-corrected chi connectivity index (χ3v) is 3.54. The predicted octanol–water partition coefficient (Wildman–Crippen LogP) is 2.45. The molecule has 2 unspecified atom stereocenters. The minimum absolute atomic E-state index is 0.220. The van der Waals surface area contributed by atoms with Crippen LogP contribution >= 0.6 is 11.8 Å². The highest BCUT2D eigenvalue weighted by Gasteiger charge is 2.17. The number of likely N-dealkylation sites (N-methyl/N-ethyl adjacent to an activating group) is 1. The normalized spacial score (nSPS) is 16.8. The van der Waals surface area contributed by atoms with Crippen LogP contribution in [0.1, 0.15) is 34.6 Å². The lowest BCUT2D eigenvalue weighted by atomic mass is 10.1. The van der Waals surface area contributed by atoms with Crippen molar-refractivity contribution in [2.45, 2.75) is 52.2 Å². The molecule has 0 aliphatic rings. The van der Waals surface area contributed by atoms with E-state index in [9.17, 15) is 0 Å². The molecule has 0 radical (unpaired) electrons. The van der Waals surface area contributed by atoms with Crippen LogP contribution in [0.3, 0.4) is 0 Å². The van der Waals surface area contributed by atoms with Gasteiger partial charge in [-0.25, -0.2) is 0 Å². The SMILES string of the molecule is CSCC(C)N(C)C(C)CNC(C)(C)C. The Kier molecular flexibility index (Phi) is 6.89. The molecule has 0 amide bonds. The second kappa shape index (κ2) is 6.77. The maximum atomic E-state index is 3.55. The Morgan fingerprint density at radius 2 is 1.73 bits per heavy atom. The van der Waals surface area contributed by atoms with Crippen molar-refractivity contribution >= 4 is 11.8 Å². The van der Waals surface area contributed by atoms with E-state index < -0.39 is 0 Å². The van der Waals surface area contributed by atoms with E-state index in [1.54, 1.807) is 0 Å². The molecule has 92 valence electrons. The van der Waals surface area contributed by atoms with E-state index in [0.29, 0.717) is 12.1 Å². The van der Waals surface area contributed by atoms with Crippen molar-refractivity contribution in [3.63, 3.8) is 0 Å². The molecule has 0 saturated heterocycles. The fraction of sp³-hybridized carbons (Fsp3) is 1.00. The Bertz CT molecular complexity index is 165.